The Labute approximate surface area is 162 Å². The quantitative estimate of drug-likeness (QED) is 0.205. The number of hydrogen-bond donors (Lipinski definition) is 1. The number of amides is 1. The van der Waals surface area contributed by atoms with Crippen LogP contribution < -0.4 is 5.32 Å². The molecule has 1 aromatic carbocycles. The van der Waals surface area contributed by atoms with Crippen molar-refractivity contribution < 1.29 is 14.5 Å². The van der Waals surface area contributed by atoms with Crippen LogP contribution >= 0.6 is 56.4 Å². The molecule has 24 heavy (non-hydrogen) atoms. The number of alkyl halides is 3. The van der Waals surface area contributed by atoms with Crippen molar-refractivity contribution in [2.45, 2.75) is 34.3 Å². The molecule has 0 fully saturated rings. The van der Waals surface area contributed by atoms with Gasteiger partial charge in [-0.3, -0.25) is 10.1 Å². The second kappa shape index (κ2) is 8.71. The summed E-state index contributed by atoms with van der Waals surface area (Å²) >= 11 is 17.7. The lowest BCUT2D eigenvalue weighted by atomic mass is 10.2. The van der Waals surface area contributed by atoms with Crippen molar-refractivity contribution in [3.8, 4) is 0 Å². The minimum atomic E-state index is -1.81. The van der Waals surface area contributed by atoms with E-state index in [0.717, 1.165) is 0 Å². The number of nitrogens with zero attached hydrogens (tertiary/aromatic N) is 1. The van der Waals surface area contributed by atoms with Crippen molar-refractivity contribution in [3.63, 3.8) is 0 Å². The molecule has 11 heteroatoms. The lowest BCUT2D eigenvalue weighted by Crippen LogP contribution is -2.40. The first-order valence-electron chi connectivity index (χ1n) is 6.62. The molecular weight excluding hydrogens is 419 g/mol. The predicted octanol–water partition coefficient (Wildman–Crippen LogP) is 5.64. The van der Waals surface area contributed by atoms with Gasteiger partial charge in [0.25, 0.3) is 5.69 Å². The van der Waals surface area contributed by atoms with E-state index in [1.54, 1.807) is 20.8 Å². The summed E-state index contributed by atoms with van der Waals surface area (Å²) in [5, 5.41) is 13.6. The van der Waals surface area contributed by atoms with Crippen molar-refractivity contribution in [1.82, 2.24) is 5.32 Å². The third kappa shape index (κ3) is 6.76. The Hall–Kier alpha value is -0.540. The first kappa shape index (κ1) is 21.5. The van der Waals surface area contributed by atoms with E-state index in [-0.39, 0.29) is 17.9 Å². The van der Waals surface area contributed by atoms with Gasteiger partial charge in [0, 0.05) is 22.6 Å². The average Bonchev–Trinajstić information content (AvgIpc) is 2.43. The van der Waals surface area contributed by atoms with Crippen LogP contribution in [0.5, 0.6) is 0 Å². The Bertz CT molecular complexity index is 624. The highest BCUT2D eigenvalue weighted by Gasteiger charge is 2.30. The monoisotopic (exact) mass is 432 g/mol. The van der Waals surface area contributed by atoms with Crippen LogP contribution in [0.1, 0.15) is 26.3 Å². The number of carbonyl (C=O) groups excluding carboxylic acids is 1. The number of carbonyl (C=O) groups is 1. The molecule has 0 spiro atoms. The molecule has 134 valence electrons. The number of nitrogens with one attached hydrogen (secondary N) is 1. The zero-order valence-electron chi connectivity index (χ0n) is 13.0. The van der Waals surface area contributed by atoms with Crippen LogP contribution in [0.25, 0.3) is 0 Å². The second-order valence-electron chi connectivity index (χ2n) is 4.96. The minimum Gasteiger partial charge on any atom is -0.450 e. The Kier molecular flexibility index (Phi) is 7.80. The summed E-state index contributed by atoms with van der Waals surface area (Å²) < 4.78 is 3.03. The molecule has 0 radical (unpaired) electrons. The van der Waals surface area contributed by atoms with E-state index < -0.39 is 19.7 Å². The van der Waals surface area contributed by atoms with Gasteiger partial charge < -0.3 is 10.1 Å². The number of rotatable bonds is 6. The van der Waals surface area contributed by atoms with E-state index in [4.69, 9.17) is 39.5 Å². The van der Waals surface area contributed by atoms with Crippen molar-refractivity contribution in [2.24, 2.45) is 0 Å². The summed E-state index contributed by atoms with van der Waals surface area (Å²) in [5.74, 6) is 0. The number of halogens is 3. The van der Waals surface area contributed by atoms with Crippen LogP contribution in [-0.4, -0.2) is 22.5 Å². The molecule has 0 heterocycles. The van der Waals surface area contributed by atoms with Crippen LogP contribution in [0.4, 0.5) is 10.5 Å². The van der Waals surface area contributed by atoms with Gasteiger partial charge in [-0.2, -0.15) is 0 Å². The van der Waals surface area contributed by atoms with Gasteiger partial charge in [-0.1, -0.05) is 56.4 Å². The lowest BCUT2D eigenvalue weighted by molar-refractivity contribution is -0.385. The van der Waals surface area contributed by atoms with Crippen LogP contribution in [0.2, 0.25) is 0 Å². The third-order valence-corrected chi connectivity index (χ3v) is 6.28. The molecule has 1 aromatic rings. The molecule has 1 amide bonds. The molecule has 6 nitrogen and oxygen atoms in total. The molecule has 0 saturated carbocycles. The molecule has 0 aliphatic heterocycles. The lowest BCUT2D eigenvalue weighted by Gasteiger charge is -2.25. The van der Waals surface area contributed by atoms with Crippen molar-refractivity contribution in [2.75, 3.05) is 6.61 Å². The highest BCUT2D eigenvalue weighted by Crippen LogP contribution is 2.48. The molecule has 0 aliphatic rings. The fourth-order valence-electron chi connectivity index (χ4n) is 1.51. The first-order valence-corrected chi connectivity index (χ1v) is 9.91. The van der Waals surface area contributed by atoms with Crippen LogP contribution in [0, 0.1) is 10.1 Å². The minimum absolute atomic E-state index is 0.172. The molecule has 0 saturated heterocycles. The normalized spacial score (nSPS) is 11.9. The van der Waals surface area contributed by atoms with Gasteiger partial charge in [0.1, 0.15) is 0 Å². The van der Waals surface area contributed by atoms with Crippen molar-refractivity contribution in [3.05, 3.63) is 33.9 Å². The van der Waals surface area contributed by atoms with Gasteiger partial charge in [0.2, 0.25) is 3.79 Å². The van der Waals surface area contributed by atoms with Crippen LogP contribution in [0.3, 0.4) is 0 Å². The fourth-order valence-corrected chi connectivity index (χ4v) is 4.45. The number of hydrogen-bond acceptors (Lipinski definition) is 6. The fraction of sp³-hybridized carbons (Fsp3) is 0.462. The third-order valence-electron chi connectivity index (χ3n) is 2.50. The maximum absolute atomic E-state index is 11.5. The Morgan fingerprint density at radius 2 is 2.00 bits per heavy atom. The number of nitro groups is 1. The van der Waals surface area contributed by atoms with Crippen molar-refractivity contribution in [1.29, 1.82) is 0 Å². The number of benzene rings is 1. The molecule has 0 bridgehead atoms. The molecule has 1 N–H and O–H groups in total. The molecule has 0 unspecified atom stereocenters. The number of ether oxygens (including phenoxy) is 1. The van der Waals surface area contributed by atoms with E-state index in [9.17, 15) is 14.9 Å². The molecule has 0 aliphatic carbocycles. The number of nitro benzene ring substituents is 1. The largest absolute Gasteiger partial charge is 0.450 e. The Morgan fingerprint density at radius 1 is 1.38 bits per heavy atom. The highest BCUT2D eigenvalue weighted by atomic mass is 35.6. The molecule has 0 atom stereocenters. The van der Waals surface area contributed by atoms with Gasteiger partial charge >= 0.3 is 6.09 Å². The van der Waals surface area contributed by atoms with Gasteiger partial charge in [0.05, 0.1) is 16.4 Å². The predicted molar refractivity (Wildman–Crippen MR) is 100 cm³/mol. The summed E-state index contributed by atoms with van der Waals surface area (Å²) in [4.78, 5) is 21.7. The summed E-state index contributed by atoms with van der Waals surface area (Å²) in [6.45, 7) is 5.53. The highest BCUT2D eigenvalue weighted by molar-refractivity contribution is 8.77. The second-order valence-corrected chi connectivity index (χ2v) is 10.0. The smallest absolute Gasteiger partial charge is 0.408 e. The SMILES string of the molecule is CCOC(=O)NC(C)(C)SSc1ccc([N+](=O)[O-])cc1C(Cl)(Cl)Cl. The van der Waals surface area contributed by atoms with E-state index in [1.807, 2.05) is 0 Å². The Morgan fingerprint density at radius 3 is 2.50 bits per heavy atom. The van der Waals surface area contributed by atoms with Crippen LogP contribution in [0.15, 0.2) is 23.1 Å². The Balaban J connectivity index is 2.94. The maximum Gasteiger partial charge on any atom is 0.408 e. The summed E-state index contributed by atoms with van der Waals surface area (Å²) in [5.41, 5.74) is 0.0284. The van der Waals surface area contributed by atoms with E-state index in [0.29, 0.717) is 4.90 Å². The van der Waals surface area contributed by atoms with Gasteiger partial charge in [-0.25, -0.2) is 4.79 Å². The van der Waals surface area contributed by atoms with E-state index in [1.165, 1.54) is 39.8 Å². The topological polar surface area (TPSA) is 81.5 Å². The first-order chi connectivity index (χ1) is 11.0. The zero-order chi connectivity index (χ0) is 18.5. The average molecular weight is 434 g/mol. The molecule has 1 rings (SSSR count). The maximum atomic E-state index is 11.5. The molecule has 0 aromatic heterocycles. The van der Waals surface area contributed by atoms with Crippen LogP contribution in [-0.2, 0) is 8.53 Å². The number of alkyl carbamates (subject to hydrolysis) is 1. The van der Waals surface area contributed by atoms with Gasteiger partial charge in [-0.05, 0) is 26.8 Å². The van der Waals surface area contributed by atoms with Gasteiger partial charge in [0.15, 0.2) is 0 Å². The van der Waals surface area contributed by atoms with E-state index in [2.05, 4.69) is 5.32 Å². The van der Waals surface area contributed by atoms with Gasteiger partial charge in [-0.15, -0.1) is 0 Å². The summed E-state index contributed by atoms with van der Waals surface area (Å²) in [6, 6.07) is 4.06. The standard InChI is InChI=1S/C13H15Cl3N2O4S2/c1-4-22-11(19)17-12(2,3)24-23-10-6-5-8(18(20)21)7-9(10)13(14,15)16/h5-7H,4H2,1-3H3,(H,17,19). The summed E-state index contributed by atoms with van der Waals surface area (Å²) in [6.07, 6.45) is -0.541. The zero-order valence-corrected chi connectivity index (χ0v) is 16.9. The summed E-state index contributed by atoms with van der Waals surface area (Å²) in [7, 11) is 2.52. The number of non-ortho nitro benzene ring substituents is 1. The van der Waals surface area contributed by atoms with Crippen molar-refractivity contribution >= 4 is 68.2 Å². The molecular formula is C13H15Cl3N2O4S2. The van der Waals surface area contributed by atoms with E-state index >= 15 is 0 Å².